The summed E-state index contributed by atoms with van der Waals surface area (Å²) in [6.07, 6.45) is 2.18. The van der Waals surface area contributed by atoms with Gasteiger partial charge >= 0.3 is 0 Å². The molecule has 3 aromatic carbocycles. The molecule has 0 amide bonds. The molecule has 8 heteroatoms. The van der Waals surface area contributed by atoms with Gasteiger partial charge in [-0.25, -0.2) is 8.42 Å². The van der Waals surface area contributed by atoms with Crippen LogP contribution in [0.5, 0.6) is 5.75 Å². The molecule has 4 rings (SSSR count). The first kappa shape index (κ1) is 22.5. The lowest BCUT2D eigenvalue weighted by molar-refractivity contribution is 0.104. The van der Waals surface area contributed by atoms with E-state index in [1.165, 1.54) is 49.6 Å². The van der Waals surface area contributed by atoms with E-state index in [4.69, 9.17) is 20.8 Å². The summed E-state index contributed by atoms with van der Waals surface area (Å²) in [5, 5.41) is 0.538. The summed E-state index contributed by atoms with van der Waals surface area (Å²) in [7, 11) is -2.84. The summed E-state index contributed by atoms with van der Waals surface area (Å²) in [4.78, 5) is 25.7. The average Bonchev–Trinajstić information content (AvgIpc) is 2.84. The van der Waals surface area contributed by atoms with Gasteiger partial charge in [0.15, 0.2) is 5.43 Å². The minimum absolute atomic E-state index is 0.0902. The Bertz CT molecular complexity index is 1540. The zero-order chi connectivity index (χ0) is 23.6. The molecule has 0 unspecified atom stereocenters. The molecular formula is C25H17ClO6S. The molecule has 0 aliphatic heterocycles. The number of benzene rings is 3. The Kier molecular flexibility index (Phi) is 6.18. The first-order valence-electron chi connectivity index (χ1n) is 9.73. The van der Waals surface area contributed by atoms with E-state index in [2.05, 4.69) is 0 Å². The maximum atomic E-state index is 13.5. The average molecular weight is 481 g/mol. The molecule has 166 valence electrons. The Balaban J connectivity index is 1.95. The maximum Gasteiger partial charge on any atom is 0.210 e. The van der Waals surface area contributed by atoms with Crippen molar-refractivity contribution in [1.82, 2.24) is 0 Å². The number of methoxy groups -OCH3 is 1. The number of fused-ring (bicyclic) bond motifs is 1. The minimum Gasteiger partial charge on any atom is -0.497 e. The number of halogens is 1. The topological polar surface area (TPSA) is 90.7 Å². The number of ketones is 1. The Morgan fingerprint density at radius 1 is 1.00 bits per heavy atom. The van der Waals surface area contributed by atoms with Crippen LogP contribution in [0.4, 0.5) is 0 Å². The van der Waals surface area contributed by atoms with E-state index in [1.54, 1.807) is 30.3 Å². The molecule has 1 heterocycles. The second-order valence-electron chi connectivity index (χ2n) is 7.04. The largest absolute Gasteiger partial charge is 0.497 e. The molecule has 0 aliphatic rings. The van der Waals surface area contributed by atoms with Gasteiger partial charge in [-0.2, -0.15) is 0 Å². The van der Waals surface area contributed by atoms with Gasteiger partial charge in [0.2, 0.25) is 15.6 Å². The molecule has 0 spiro atoms. The molecular weight excluding hydrogens is 464 g/mol. The molecule has 6 nitrogen and oxygen atoms in total. The highest BCUT2D eigenvalue weighted by molar-refractivity contribution is 7.96. The number of rotatable bonds is 6. The van der Waals surface area contributed by atoms with Crippen molar-refractivity contribution >= 4 is 44.3 Å². The van der Waals surface area contributed by atoms with Crippen LogP contribution >= 0.6 is 11.6 Å². The first-order valence-corrected chi connectivity index (χ1v) is 11.6. The minimum atomic E-state index is -4.30. The van der Waals surface area contributed by atoms with Crippen LogP contribution in [0.3, 0.4) is 0 Å². The second kappa shape index (κ2) is 9.05. The van der Waals surface area contributed by atoms with E-state index in [9.17, 15) is 18.0 Å². The molecule has 0 saturated carbocycles. The van der Waals surface area contributed by atoms with Crippen molar-refractivity contribution in [3.05, 3.63) is 110 Å². The van der Waals surface area contributed by atoms with Crippen molar-refractivity contribution in [2.45, 2.75) is 4.90 Å². The van der Waals surface area contributed by atoms with Crippen molar-refractivity contribution in [2.24, 2.45) is 0 Å². The molecule has 33 heavy (non-hydrogen) atoms. The van der Waals surface area contributed by atoms with Crippen LogP contribution in [0.15, 0.2) is 98.1 Å². The summed E-state index contributed by atoms with van der Waals surface area (Å²) >= 11 is 5.89. The van der Waals surface area contributed by atoms with Crippen LogP contribution in [0, 0.1) is 0 Å². The monoisotopic (exact) mass is 480 g/mol. The summed E-state index contributed by atoms with van der Waals surface area (Å²) < 4.78 is 37.6. The highest BCUT2D eigenvalue weighted by atomic mass is 35.5. The van der Waals surface area contributed by atoms with Crippen LogP contribution in [0.25, 0.3) is 17.0 Å². The predicted molar refractivity (Wildman–Crippen MR) is 126 cm³/mol. The van der Waals surface area contributed by atoms with Gasteiger partial charge < -0.3 is 9.15 Å². The molecule has 0 saturated heterocycles. The molecule has 4 aromatic rings. The number of Topliss-reactive ketones (excluding diaryl/α,β-unsaturated/α-hetero) is 1. The van der Waals surface area contributed by atoms with Gasteiger partial charge in [0.1, 0.15) is 22.5 Å². The van der Waals surface area contributed by atoms with Gasteiger partial charge in [-0.05, 0) is 48.5 Å². The molecule has 0 aliphatic carbocycles. The third-order valence-corrected chi connectivity index (χ3v) is 6.99. The number of ether oxygens (including phenoxy) is 1. The van der Waals surface area contributed by atoms with E-state index >= 15 is 0 Å². The number of carbonyl (C=O) groups is 1. The Hall–Kier alpha value is -3.68. The fourth-order valence-corrected chi connectivity index (χ4v) is 4.75. The quantitative estimate of drug-likeness (QED) is 0.280. The van der Waals surface area contributed by atoms with Gasteiger partial charge in [-0.3, -0.25) is 9.59 Å². The van der Waals surface area contributed by atoms with E-state index in [1.807, 2.05) is 0 Å². The molecule has 0 bridgehead atoms. The van der Waals surface area contributed by atoms with Crippen LogP contribution in [0.1, 0.15) is 15.9 Å². The van der Waals surface area contributed by atoms with Crippen molar-refractivity contribution in [3.8, 4) is 5.75 Å². The van der Waals surface area contributed by atoms with E-state index in [0.29, 0.717) is 16.4 Å². The molecule has 0 radical (unpaired) electrons. The summed E-state index contributed by atoms with van der Waals surface area (Å²) in [5.41, 5.74) is -0.130. The van der Waals surface area contributed by atoms with Crippen LogP contribution < -0.4 is 10.2 Å². The number of hydrogen-bond acceptors (Lipinski definition) is 6. The zero-order valence-electron chi connectivity index (χ0n) is 17.3. The van der Waals surface area contributed by atoms with Crippen molar-refractivity contribution < 1.29 is 22.4 Å². The molecule has 0 atom stereocenters. The lowest BCUT2D eigenvalue weighted by atomic mass is 10.1. The van der Waals surface area contributed by atoms with Gasteiger partial charge in [0.05, 0.1) is 23.0 Å². The number of hydrogen-bond donors (Lipinski definition) is 0. The summed E-state index contributed by atoms with van der Waals surface area (Å²) in [6.45, 7) is 0. The normalized spacial score (nSPS) is 12.0. The lowest BCUT2D eigenvalue weighted by Gasteiger charge is -2.10. The van der Waals surface area contributed by atoms with E-state index < -0.39 is 26.0 Å². The number of allylic oxidation sites excluding steroid dienone is 1. The Morgan fingerprint density at radius 2 is 1.70 bits per heavy atom. The fraction of sp³-hybridized carbons (Fsp3) is 0.0400. The smallest absolute Gasteiger partial charge is 0.210 e. The van der Waals surface area contributed by atoms with Crippen molar-refractivity contribution in [1.29, 1.82) is 0 Å². The van der Waals surface area contributed by atoms with Crippen LogP contribution in [-0.4, -0.2) is 21.3 Å². The maximum absolute atomic E-state index is 13.5. The van der Waals surface area contributed by atoms with Crippen molar-refractivity contribution in [3.63, 3.8) is 0 Å². The SMILES string of the molecule is COc1ccc2occ(/C=C(/C(=O)c3ccccc3)S(=O)(=O)c3ccc(Cl)cc3)c(=O)c2c1. The molecule has 1 aromatic heterocycles. The second-order valence-corrected chi connectivity index (χ2v) is 9.40. The highest BCUT2D eigenvalue weighted by Gasteiger charge is 2.28. The van der Waals surface area contributed by atoms with Crippen LogP contribution in [-0.2, 0) is 9.84 Å². The Labute approximate surface area is 194 Å². The van der Waals surface area contributed by atoms with Crippen molar-refractivity contribution in [2.75, 3.05) is 7.11 Å². The summed E-state index contributed by atoms with van der Waals surface area (Å²) in [5.74, 6) is -0.319. The van der Waals surface area contributed by atoms with Gasteiger partial charge in [-0.1, -0.05) is 41.9 Å². The number of sulfone groups is 1. The third-order valence-electron chi connectivity index (χ3n) is 4.97. The first-order chi connectivity index (χ1) is 15.8. The number of carbonyl (C=O) groups excluding carboxylic acids is 1. The van der Waals surface area contributed by atoms with E-state index in [-0.39, 0.29) is 21.4 Å². The molecule has 0 N–H and O–H groups in total. The summed E-state index contributed by atoms with van der Waals surface area (Å²) in [6, 6.07) is 18.1. The van der Waals surface area contributed by atoms with Gasteiger partial charge in [0, 0.05) is 10.6 Å². The predicted octanol–water partition coefficient (Wildman–Crippen LogP) is 5.15. The Morgan fingerprint density at radius 3 is 2.36 bits per heavy atom. The van der Waals surface area contributed by atoms with E-state index in [0.717, 1.165) is 12.3 Å². The highest BCUT2D eigenvalue weighted by Crippen LogP contribution is 2.27. The third kappa shape index (κ3) is 4.46. The zero-order valence-corrected chi connectivity index (χ0v) is 18.9. The van der Waals surface area contributed by atoms with Gasteiger partial charge in [0.25, 0.3) is 0 Å². The lowest BCUT2D eigenvalue weighted by Crippen LogP contribution is -2.16. The van der Waals surface area contributed by atoms with Gasteiger partial charge in [-0.15, -0.1) is 0 Å². The standard InChI is InChI=1S/C25H17ClO6S/c1-31-19-9-12-22-21(14-19)24(27)17(15-32-22)13-23(25(28)16-5-3-2-4-6-16)33(29,30)20-10-7-18(26)8-11-20/h2-15H,1H3/b23-13-. The fourth-order valence-electron chi connectivity index (χ4n) is 3.23. The van der Waals surface area contributed by atoms with Crippen LogP contribution in [0.2, 0.25) is 5.02 Å². The molecule has 0 fully saturated rings.